The Bertz CT molecular complexity index is 322. The van der Waals surface area contributed by atoms with E-state index in [2.05, 4.69) is 26.3 Å². The number of aromatic nitrogens is 2. The molecule has 0 saturated carbocycles. The fourth-order valence-electron chi connectivity index (χ4n) is 1.05. The predicted molar refractivity (Wildman–Crippen MR) is 57.9 cm³/mol. The first-order chi connectivity index (χ1) is 6.50. The Balaban J connectivity index is 2.65. The number of nitrogens with zero attached hydrogens (tertiary/aromatic N) is 2. The first-order valence-corrected chi connectivity index (χ1v) is 5.30. The van der Waals surface area contributed by atoms with Crippen LogP contribution in [-0.4, -0.2) is 21.7 Å². The Morgan fingerprint density at radius 3 is 2.64 bits per heavy atom. The Labute approximate surface area is 91.8 Å². The van der Waals surface area contributed by atoms with Gasteiger partial charge in [0.2, 0.25) is 5.91 Å². The molecule has 0 saturated heterocycles. The number of hydrogen-bond donors (Lipinski definition) is 1. The molecule has 0 aromatic carbocycles. The molecule has 0 aliphatic carbocycles. The molecule has 1 aromatic rings. The van der Waals surface area contributed by atoms with Gasteiger partial charge in [-0.2, -0.15) is 5.10 Å². The standard InChI is InChI=1S/C9H14BrN3O/c1-6(2)12-9(14)7(3)13-5-8(10)4-11-13/h4-7H,1-3H3,(H,12,14)/t7-/m0/s1. The first-order valence-electron chi connectivity index (χ1n) is 4.50. The van der Waals surface area contributed by atoms with Crippen molar-refractivity contribution >= 4 is 21.8 Å². The molecule has 0 radical (unpaired) electrons. The highest BCUT2D eigenvalue weighted by Crippen LogP contribution is 2.11. The van der Waals surface area contributed by atoms with Crippen LogP contribution in [0.25, 0.3) is 0 Å². The van der Waals surface area contributed by atoms with Gasteiger partial charge in [0.15, 0.2) is 0 Å². The monoisotopic (exact) mass is 259 g/mol. The van der Waals surface area contributed by atoms with E-state index in [1.807, 2.05) is 20.8 Å². The smallest absolute Gasteiger partial charge is 0.244 e. The van der Waals surface area contributed by atoms with E-state index in [0.717, 1.165) is 4.47 Å². The van der Waals surface area contributed by atoms with Gasteiger partial charge in [-0.25, -0.2) is 0 Å². The van der Waals surface area contributed by atoms with Gasteiger partial charge >= 0.3 is 0 Å². The molecule has 1 amide bonds. The summed E-state index contributed by atoms with van der Waals surface area (Å²) < 4.78 is 2.50. The maximum atomic E-state index is 11.6. The van der Waals surface area contributed by atoms with Gasteiger partial charge in [-0.15, -0.1) is 0 Å². The molecule has 1 heterocycles. The highest BCUT2D eigenvalue weighted by molar-refractivity contribution is 9.10. The van der Waals surface area contributed by atoms with Crippen molar-refractivity contribution in [2.24, 2.45) is 0 Å². The molecule has 1 atom stereocenters. The third kappa shape index (κ3) is 2.83. The lowest BCUT2D eigenvalue weighted by atomic mass is 10.3. The lowest BCUT2D eigenvalue weighted by Gasteiger charge is -2.14. The zero-order valence-corrected chi connectivity index (χ0v) is 10.1. The second-order valence-corrected chi connectivity index (χ2v) is 4.39. The normalized spacial score (nSPS) is 12.9. The maximum Gasteiger partial charge on any atom is 0.244 e. The van der Waals surface area contributed by atoms with Crippen molar-refractivity contribution in [2.75, 3.05) is 0 Å². The Morgan fingerprint density at radius 1 is 1.57 bits per heavy atom. The van der Waals surface area contributed by atoms with Crippen LogP contribution in [0.1, 0.15) is 26.8 Å². The highest BCUT2D eigenvalue weighted by Gasteiger charge is 2.15. The van der Waals surface area contributed by atoms with Crippen LogP contribution in [0.2, 0.25) is 0 Å². The van der Waals surface area contributed by atoms with E-state index in [1.54, 1.807) is 17.1 Å². The summed E-state index contributed by atoms with van der Waals surface area (Å²) >= 11 is 3.29. The molecule has 1 aromatic heterocycles. The van der Waals surface area contributed by atoms with E-state index >= 15 is 0 Å². The van der Waals surface area contributed by atoms with Gasteiger partial charge in [0, 0.05) is 12.2 Å². The lowest BCUT2D eigenvalue weighted by Crippen LogP contribution is -2.35. The van der Waals surface area contributed by atoms with E-state index in [1.165, 1.54) is 0 Å². The van der Waals surface area contributed by atoms with Crippen molar-refractivity contribution in [1.82, 2.24) is 15.1 Å². The van der Waals surface area contributed by atoms with Crippen LogP contribution in [0.3, 0.4) is 0 Å². The zero-order valence-electron chi connectivity index (χ0n) is 8.49. The molecule has 0 spiro atoms. The summed E-state index contributed by atoms with van der Waals surface area (Å²) in [6.07, 6.45) is 3.45. The minimum absolute atomic E-state index is 0.0180. The fraction of sp³-hybridized carbons (Fsp3) is 0.556. The Kier molecular flexibility index (Phi) is 3.69. The van der Waals surface area contributed by atoms with Crippen molar-refractivity contribution < 1.29 is 4.79 Å². The van der Waals surface area contributed by atoms with Gasteiger partial charge in [-0.1, -0.05) is 0 Å². The van der Waals surface area contributed by atoms with Crippen LogP contribution in [0.5, 0.6) is 0 Å². The summed E-state index contributed by atoms with van der Waals surface area (Å²) in [5, 5.41) is 6.89. The molecule has 0 aliphatic heterocycles. The van der Waals surface area contributed by atoms with Crippen LogP contribution >= 0.6 is 15.9 Å². The van der Waals surface area contributed by atoms with Gasteiger partial charge in [-0.3, -0.25) is 9.48 Å². The average Bonchev–Trinajstić information content (AvgIpc) is 2.49. The number of nitrogens with one attached hydrogen (secondary N) is 1. The lowest BCUT2D eigenvalue weighted by molar-refractivity contribution is -0.124. The largest absolute Gasteiger partial charge is 0.352 e. The van der Waals surface area contributed by atoms with Crippen molar-refractivity contribution in [1.29, 1.82) is 0 Å². The number of carbonyl (C=O) groups excluding carboxylic acids is 1. The molecule has 0 fully saturated rings. The van der Waals surface area contributed by atoms with Crippen molar-refractivity contribution in [2.45, 2.75) is 32.9 Å². The number of rotatable bonds is 3. The molecule has 0 aliphatic rings. The van der Waals surface area contributed by atoms with Gasteiger partial charge in [0.25, 0.3) is 0 Å². The van der Waals surface area contributed by atoms with Crippen LogP contribution in [0.4, 0.5) is 0 Å². The van der Waals surface area contributed by atoms with E-state index < -0.39 is 0 Å². The molecule has 5 heteroatoms. The second kappa shape index (κ2) is 4.59. The fourth-order valence-corrected chi connectivity index (χ4v) is 1.35. The van der Waals surface area contributed by atoms with Crippen LogP contribution in [0.15, 0.2) is 16.9 Å². The molecule has 0 bridgehead atoms. The molecule has 1 N–H and O–H groups in total. The Morgan fingerprint density at radius 2 is 2.21 bits per heavy atom. The highest BCUT2D eigenvalue weighted by atomic mass is 79.9. The van der Waals surface area contributed by atoms with Gasteiger partial charge in [0.05, 0.1) is 10.7 Å². The van der Waals surface area contributed by atoms with Gasteiger partial charge in [0.1, 0.15) is 6.04 Å². The number of carbonyl (C=O) groups is 1. The zero-order chi connectivity index (χ0) is 10.7. The van der Waals surface area contributed by atoms with Crippen molar-refractivity contribution in [3.8, 4) is 0 Å². The predicted octanol–water partition coefficient (Wildman–Crippen LogP) is 1.73. The Hall–Kier alpha value is -0.840. The third-order valence-electron chi connectivity index (χ3n) is 1.78. The summed E-state index contributed by atoms with van der Waals surface area (Å²) in [6.45, 7) is 5.68. The summed E-state index contributed by atoms with van der Waals surface area (Å²) in [7, 11) is 0. The summed E-state index contributed by atoms with van der Waals surface area (Å²) in [5.41, 5.74) is 0. The molecule has 4 nitrogen and oxygen atoms in total. The quantitative estimate of drug-likeness (QED) is 0.899. The molecular weight excluding hydrogens is 246 g/mol. The molecule has 0 unspecified atom stereocenters. The summed E-state index contributed by atoms with van der Waals surface area (Å²) in [5.74, 6) is -0.0180. The van der Waals surface area contributed by atoms with E-state index in [-0.39, 0.29) is 18.0 Å². The molecule has 1 rings (SSSR count). The molecular formula is C9H14BrN3O. The number of amides is 1. The van der Waals surface area contributed by atoms with Crippen molar-refractivity contribution in [3.05, 3.63) is 16.9 Å². The number of hydrogen-bond acceptors (Lipinski definition) is 2. The van der Waals surface area contributed by atoms with Crippen molar-refractivity contribution in [3.63, 3.8) is 0 Å². The summed E-state index contributed by atoms with van der Waals surface area (Å²) in [6, 6.07) is -0.118. The van der Waals surface area contributed by atoms with Crippen LogP contribution in [-0.2, 0) is 4.79 Å². The first kappa shape index (κ1) is 11.2. The van der Waals surface area contributed by atoms with E-state index in [9.17, 15) is 4.79 Å². The van der Waals surface area contributed by atoms with Gasteiger partial charge in [-0.05, 0) is 36.7 Å². The molecule has 14 heavy (non-hydrogen) atoms. The minimum Gasteiger partial charge on any atom is -0.352 e. The van der Waals surface area contributed by atoms with Crippen LogP contribution < -0.4 is 5.32 Å². The summed E-state index contributed by atoms with van der Waals surface area (Å²) in [4.78, 5) is 11.6. The third-order valence-corrected chi connectivity index (χ3v) is 2.19. The SMILES string of the molecule is CC(C)NC(=O)[C@H](C)n1cc(Br)cn1. The topological polar surface area (TPSA) is 46.9 Å². The second-order valence-electron chi connectivity index (χ2n) is 3.48. The van der Waals surface area contributed by atoms with Gasteiger partial charge < -0.3 is 5.32 Å². The van der Waals surface area contributed by atoms with E-state index in [4.69, 9.17) is 0 Å². The number of halogens is 1. The molecule has 78 valence electrons. The van der Waals surface area contributed by atoms with E-state index in [0.29, 0.717) is 0 Å². The maximum absolute atomic E-state index is 11.6. The van der Waals surface area contributed by atoms with Crippen LogP contribution in [0, 0.1) is 0 Å². The average molecular weight is 260 g/mol. The minimum atomic E-state index is -0.274.